The second-order valence-corrected chi connectivity index (χ2v) is 20.0. The minimum absolute atomic E-state index is 0.00161. The molecule has 0 spiro atoms. The molecule has 2 aliphatic carbocycles. The zero-order valence-electron chi connectivity index (χ0n) is 36.4. The van der Waals surface area contributed by atoms with Crippen LogP contribution in [0.15, 0.2) is 72.8 Å². The Morgan fingerprint density at radius 2 is 1.32 bits per heavy atom. The van der Waals surface area contributed by atoms with Gasteiger partial charge in [0.15, 0.2) is 0 Å². The standard InChI is InChI=1S/C48H68N6O5S/c1-47(2,3)41(50)27-34(44(56)52-38-19-11-15-32-13-7-9-17-36(32)38)26-35(28-49)31-23-21-30(22-24-31)25-40(54-46(58)43(51)48(4,5)60-29-42(55)59-6)45(57)53-39-20-12-16-33-14-8-10-18-37(33)39/h7-10,13-14,17-18,21-24,34-35,38-41,43H,11-12,15-16,19-20,25-29,49-51H2,1-6H3,(H,52,56)(H,53,57)(H,54,58)/t34?,35-,38+,39+,40-,41?,43+/m0/s1. The van der Waals surface area contributed by atoms with Crippen molar-refractivity contribution in [2.24, 2.45) is 28.5 Å². The molecule has 0 saturated heterocycles. The molecule has 7 atom stereocenters. The minimum Gasteiger partial charge on any atom is -0.468 e. The number of ether oxygens (including phenoxy) is 1. The first-order valence-corrected chi connectivity index (χ1v) is 22.6. The Bertz CT molecular complexity index is 1930. The number of benzene rings is 3. The molecule has 0 saturated carbocycles. The highest BCUT2D eigenvalue weighted by Crippen LogP contribution is 2.34. The van der Waals surface area contributed by atoms with E-state index in [1.165, 1.54) is 35.6 Å². The first kappa shape index (κ1) is 46.8. The molecule has 0 heterocycles. The van der Waals surface area contributed by atoms with Crippen LogP contribution >= 0.6 is 11.8 Å². The SMILES string of the molecule is COC(=O)CSC(C)(C)[C@H](N)C(=O)N[C@@H](Cc1ccc([C@H](CN)CC(CC(N)C(C)(C)C)C(=O)N[C@@H]2CCCc3ccccc32)cc1)C(=O)N[C@@H]1CCCc2ccccc21. The van der Waals surface area contributed by atoms with E-state index in [0.29, 0.717) is 19.4 Å². The zero-order chi connectivity index (χ0) is 43.6. The summed E-state index contributed by atoms with van der Waals surface area (Å²) < 4.78 is 3.96. The van der Waals surface area contributed by atoms with E-state index in [-0.39, 0.29) is 59.4 Å². The van der Waals surface area contributed by atoms with Gasteiger partial charge in [0.25, 0.3) is 0 Å². The van der Waals surface area contributed by atoms with Crippen LogP contribution in [0.2, 0.25) is 0 Å². The molecule has 0 aromatic heterocycles. The van der Waals surface area contributed by atoms with Crippen LogP contribution in [0.5, 0.6) is 0 Å². The lowest BCUT2D eigenvalue weighted by molar-refractivity contribution is -0.137. The third-order valence-electron chi connectivity index (χ3n) is 12.6. The van der Waals surface area contributed by atoms with Crippen LogP contribution in [-0.4, -0.2) is 66.0 Å². The Balaban J connectivity index is 1.34. The Morgan fingerprint density at radius 3 is 1.85 bits per heavy atom. The van der Waals surface area contributed by atoms with Crippen LogP contribution in [-0.2, 0) is 43.2 Å². The van der Waals surface area contributed by atoms with Crippen molar-refractivity contribution in [1.82, 2.24) is 16.0 Å². The van der Waals surface area contributed by atoms with Crippen molar-refractivity contribution in [3.8, 4) is 0 Å². The van der Waals surface area contributed by atoms with E-state index in [2.05, 4.69) is 67.1 Å². The van der Waals surface area contributed by atoms with Gasteiger partial charge in [0.05, 0.1) is 31.0 Å². The van der Waals surface area contributed by atoms with Crippen molar-refractivity contribution < 1.29 is 23.9 Å². The maximum Gasteiger partial charge on any atom is 0.315 e. The molecule has 3 aromatic carbocycles. The van der Waals surface area contributed by atoms with E-state index in [4.69, 9.17) is 21.9 Å². The summed E-state index contributed by atoms with van der Waals surface area (Å²) in [4.78, 5) is 54.0. The average Bonchev–Trinajstić information content (AvgIpc) is 3.23. The molecule has 9 N–H and O–H groups in total. The largest absolute Gasteiger partial charge is 0.468 e. The van der Waals surface area contributed by atoms with Gasteiger partial charge in [-0.25, -0.2) is 0 Å². The molecule has 12 heteroatoms. The number of hydrogen-bond acceptors (Lipinski definition) is 9. The summed E-state index contributed by atoms with van der Waals surface area (Å²) in [6.45, 7) is 10.2. The maximum absolute atomic E-state index is 14.2. The Kier molecular flexibility index (Phi) is 16.4. The van der Waals surface area contributed by atoms with E-state index in [9.17, 15) is 19.2 Å². The number of nitrogens with two attached hydrogens (primary N) is 3. The Morgan fingerprint density at radius 1 is 0.767 bits per heavy atom. The number of thioether (sulfide) groups is 1. The van der Waals surface area contributed by atoms with Crippen molar-refractivity contribution in [2.45, 2.75) is 133 Å². The van der Waals surface area contributed by atoms with Gasteiger partial charge in [-0.05, 0) is 116 Å². The lowest BCUT2D eigenvalue weighted by Gasteiger charge is -2.33. The monoisotopic (exact) mass is 840 g/mol. The normalized spacial score (nSPS) is 19.0. The molecule has 3 amide bonds. The summed E-state index contributed by atoms with van der Waals surface area (Å²) in [6.07, 6.45) is 6.91. The number of aryl methyl sites for hydroxylation is 2. The van der Waals surface area contributed by atoms with E-state index in [0.717, 1.165) is 55.2 Å². The average molecular weight is 841 g/mol. The fourth-order valence-corrected chi connectivity index (χ4v) is 9.29. The summed E-state index contributed by atoms with van der Waals surface area (Å²) in [5.41, 5.74) is 26.1. The molecule has 2 aliphatic rings. The number of rotatable bonds is 18. The third kappa shape index (κ3) is 12.4. The molecule has 5 rings (SSSR count). The van der Waals surface area contributed by atoms with Crippen molar-refractivity contribution in [3.63, 3.8) is 0 Å². The molecule has 3 aromatic rings. The number of fused-ring (bicyclic) bond motifs is 2. The van der Waals surface area contributed by atoms with Gasteiger partial charge in [-0.3, -0.25) is 19.2 Å². The topological polar surface area (TPSA) is 192 Å². The summed E-state index contributed by atoms with van der Waals surface area (Å²) in [5, 5.41) is 9.59. The van der Waals surface area contributed by atoms with Crippen molar-refractivity contribution in [3.05, 3.63) is 106 Å². The lowest BCUT2D eigenvalue weighted by atomic mass is 9.78. The fraction of sp³-hybridized carbons (Fsp3) is 0.542. The number of nitrogens with one attached hydrogen (secondary N) is 3. The van der Waals surface area contributed by atoms with E-state index >= 15 is 0 Å². The van der Waals surface area contributed by atoms with Gasteiger partial charge in [-0.2, -0.15) is 0 Å². The summed E-state index contributed by atoms with van der Waals surface area (Å²) in [7, 11) is 1.32. The Labute approximate surface area is 361 Å². The number of methoxy groups -OCH3 is 1. The van der Waals surface area contributed by atoms with Crippen molar-refractivity contribution in [1.29, 1.82) is 0 Å². The van der Waals surface area contributed by atoms with Gasteiger partial charge in [-0.1, -0.05) is 93.6 Å². The van der Waals surface area contributed by atoms with E-state index in [1.807, 2.05) is 42.5 Å². The van der Waals surface area contributed by atoms with Gasteiger partial charge in [-0.15, -0.1) is 11.8 Å². The number of esters is 1. The Hall–Kier alpha value is -4.23. The zero-order valence-corrected chi connectivity index (χ0v) is 37.2. The molecule has 60 heavy (non-hydrogen) atoms. The second kappa shape index (κ2) is 21.0. The van der Waals surface area contributed by atoms with Gasteiger partial charge in [0.2, 0.25) is 17.7 Å². The predicted molar refractivity (Wildman–Crippen MR) is 241 cm³/mol. The van der Waals surface area contributed by atoms with Crippen LogP contribution in [0.4, 0.5) is 0 Å². The molecule has 0 aliphatic heterocycles. The molecule has 326 valence electrons. The molecular formula is C48H68N6O5S. The number of carbonyl (C=O) groups excluding carboxylic acids is 4. The highest BCUT2D eigenvalue weighted by Gasteiger charge is 2.37. The second-order valence-electron chi connectivity index (χ2n) is 18.3. The smallest absolute Gasteiger partial charge is 0.315 e. The van der Waals surface area contributed by atoms with Crippen LogP contribution in [0.3, 0.4) is 0 Å². The lowest BCUT2D eigenvalue weighted by Crippen LogP contribution is -2.57. The number of carbonyl (C=O) groups is 4. The number of amides is 3. The van der Waals surface area contributed by atoms with Gasteiger partial charge in [0.1, 0.15) is 6.04 Å². The highest BCUT2D eigenvalue weighted by atomic mass is 32.2. The fourth-order valence-electron chi connectivity index (χ4n) is 8.39. The third-order valence-corrected chi connectivity index (χ3v) is 14.0. The minimum atomic E-state index is -1.02. The molecule has 0 bridgehead atoms. The van der Waals surface area contributed by atoms with Crippen molar-refractivity contribution in [2.75, 3.05) is 19.4 Å². The molecular weight excluding hydrogens is 773 g/mol. The first-order chi connectivity index (χ1) is 28.5. The van der Waals surface area contributed by atoms with E-state index in [1.54, 1.807) is 13.8 Å². The number of hydrogen-bond donors (Lipinski definition) is 6. The van der Waals surface area contributed by atoms with Gasteiger partial charge in [0, 0.05) is 23.1 Å². The van der Waals surface area contributed by atoms with Crippen LogP contribution in [0, 0.1) is 11.3 Å². The van der Waals surface area contributed by atoms with Crippen LogP contribution in [0.1, 0.15) is 125 Å². The van der Waals surface area contributed by atoms with Crippen LogP contribution in [0.25, 0.3) is 0 Å². The summed E-state index contributed by atoms with van der Waals surface area (Å²) in [5.74, 6) is -1.63. The predicted octanol–water partition coefficient (Wildman–Crippen LogP) is 5.93. The van der Waals surface area contributed by atoms with Gasteiger partial charge >= 0.3 is 5.97 Å². The summed E-state index contributed by atoms with van der Waals surface area (Å²) in [6, 6.07) is 22.1. The van der Waals surface area contributed by atoms with Gasteiger partial charge < -0.3 is 37.9 Å². The quantitative estimate of drug-likeness (QED) is 0.0844. The van der Waals surface area contributed by atoms with Crippen LogP contribution < -0.4 is 33.2 Å². The molecule has 0 fully saturated rings. The highest BCUT2D eigenvalue weighted by molar-refractivity contribution is 8.01. The molecule has 2 unspecified atom stereocenters. The van der Waals surface area contributed by atoms with Crippen molar-refractivity contribution >= 4 is 35.5 Å². The first-order valence-electron chi connectivity index (χ1n) is 21.6. The maximum atomic E-state index is 14.2. The molecule has 0 radical (unpaired) electrons. The van der Waals surface area contributed by atoms with E-state index < -0.39 is 28.7 Å². The summed E-state index contributed by atoms with van der Waals surface area (Å²) >= 11 is 1.23. The molecule has 11 nitrogen and oxygen atoms in total.